The fourth-order valence-electron chi connectivity index (χ4n) is 7.73. The Morgan fingerprint density at radius 3 is 2.26 bits per heavy atom. The quantitative estimate of drug-likeness (QED) is 0.0313. The van der Waals surface area contributed by atoms with Crippen molar-refractivity contribution >= 4 is 52.3 Å². The number of primary amides is 1. The molecule has 1 heterocycles. The van der Waals surface area contributed by atoms with Gasteiger partial charge in [0.2, 0.25) is 35.4 Å². The number of hydrogen-bond donors (Lipinski definition) is 9. The van der Waals surface area contributed by atoms with Gasteiger partial charge in [-0.1, -0.05) is 74.0 Å². The van der Waals surface area contributed by atoms with Crippen LogP contribution >= 0.6 is 0 Å². The predicted molar refractivity (Wildman–Crippen MR) is 235 cm³/mol. The minimum absolute atomic E-state index is 0.0305. The van der Waals surface area contributed by atoms with Gasteiger partial charge < -0.3 is 53.5 Å². The van der Waals surface area contributed by atoms with Gasteiger partial charge in [-0.2, -0.15) is 0 Å². The van der Waals surface area contributed by atoms with Crippen molar-refractivity contribution in [3.63, 3.8) is 0 Å². The largest absolute Gasteiger partial charge is 0.496 e. The van der Waals surface area contributed by atoms with E-state index in [0.717, 1.165) is 39.6 Å². The first-order valence-corrected chi connectivity index (χ1v) is 20.9. The Labute approximate surface area is 360 Å². The lowest BCUT2D eigenvalue weighted by Gasteiger charge is -2.39. The van der Waals surface area contributed by atoms with Crippen molar-refractivity contribution in [2.45, 2.75) is 94.8 Å². The number of fused-ring (bicyclic) bond motifs is 2. The van der Waals surface area contributed by atoms with E-state index in [1.165, 1.54) is 0 Å². The van der Waals surface area contributed by atoms with Crippen molar-refractivity contribution in [3.8, 4) is 5.75 Å². The number of rotatable bonds is 22. The van der Waals surface area contributed by atoms with Gasteiger partial charge >= 0.3 is 0 Å². The summed E-state index contributed by atoms with van der Waals surface area (Å²) in [5.74, 6) is -3.11. The molecule has 330 valence electrons. The Balaban J connectivity index is 1.44. The Morgan fingerprint density at radius 2 is 1.53 bits per heavy atom. The first-order valence-electron chi connectivity index (χ1n) is 20.9. The standard InChI is InChI=1S/C45H58N10O7/c1-3-4-19-39(57)55-45(21-20-32-29(25-45)14-10-18-37(32)62-2)43(61)54-35(23-28-12-6-5-7-13-28)42(60)52-34(17-11-22-49-44(47)48)41(59)53-36(40(58)51-27-38(46)56)24-30-26-50-33-16-9-8-15-31(30)33/h5-10,12-16,18,26,34-36,50H,3-4,11,17,19-25,27H2,1-2H3,(H2,46,56)(H,51,58)(H,52,60)(H,53,59)(H,54,61)(H,55,57)(H4,47,48,49)/t34-,35+,36-,45-/m0/s1. The molecule has 3 aromatic carbocycles. The highest BCUT2D eigenvalue weighted by atomic mass is 16.5. The Kier molecular flexibility index (Phi) is 16.4. The number of aliphatic imine (C=N–C) groups is 1. The molecular formula is C45H58N10O7. The van der Waals surface area contributed by atoms with Gasteiger partial charge in [0.25, 0.3) is 0 Å². The molecule has 0 saturated heterocycles. The predicted octanol–water partition coefficient (Wildman–Crippen LogP) is 1.31. The van der Waals surface area contributed by atoms with E-state index in [4.69, 9.17) is 21.9 Å². The molecule has 1 aromatic heterocycles. The third-order valence-corrected chi connectivity index (χ3v) is 11.0. The third-order valence-electron chi connectivity index (χ3n) is 11.0. The number of guanidine groups is 1. The van der Waals surface area contributed by atoms with Crippen molar-refractivity contribution in [2.75, 3.05) is 20.2 Å². The Morgan fingerprint density at radius 1 is 0.823 bits per heavy atom. The molecule has 0 aliphatic heterocycles. The SMILES string of the molecule is CCCCC(=O)N[C@@]1(C(=O)N[C@H](Cc2ccccc2)C(=O)N[C@@H](CCCN=C(N)N)C(=O)N[C@@H](Cc2c[nH]c3ccccc23)C(=O)NCC(N)=O)CCc2c(cccc2OC)C1. The van der Waals surface area contributed by atoms with E-state index in [1.807, 2.05) is 79.7 Å². The van der Waals surface area contributed by atoms with Crippen molar-refractivity contribution in [3.05, 3.63) is 101 Å². The second-order valence-corrected chi connectivity index (χ2v) is 15.5. The van der Waals surface area contributed by atoms with Crippen LogP contribution in [0, 0.1) is 0 Å². The van der Waals surface area contributed by atoms with Crippen molar-refractivity contribution in [1.29, 1.82) is 0 Å². The molecule has 0 bridgehead atoms. The number of H-pyrrole nitrogens is 1. The molecule has 6 amide bonds. The summed E-state index contributed by atoms with van der Waals surface area (Å²) < 4.78 is 5.61. The van der Waals surface area contributed by atoms with Crippen LogP contribution in [0.4, 0.5) is 0 Å². The summed E-state index contributed by atoms with van der Waals surface area (Å²) in [6, 6.07) is 18.5. The van der Waals surface area contributed by atoms with E-state index in [2.05, 4.69) is 36.6 Å². The first-order chi connectivity index (χ1) is 29.8. The summed E-state index contributed by atoms with van der Waals surface area (Å²) in [5.41, 5.74) is 19.1. The fourth-order valence-corrected chi connectivity index (χ4v) is 7.73. The molecule has 0 fully saturated rings. The summed E-state index contributed by atoms with van der Waals surface area (Å²) in [6.07, 6.45) is 4.59. The van der Waals surface area contributed by atoms with Gasteiger partial charge in [0.1, 0.15) is 29.4 Å². The minimum Gasteiger partial charge on any atom is -0.496 e. The van der Waals surface area contributed by atoms with Crippen LogP contribution in [-0.4, -0.2) is 90.3 Å². The number of amides is 6. The van der Waals surface area contributed by atoms with E-state index in [0.29, 0.717) is 18.6 Å². The number of nitrogens with zero attached hydrogens (tertiary/aromatic N) is 1. The number of nitrogens with two attached hydrogens (primary N) is 3. The summed E-state index contributed by atoms with van der Waals surface area (Å²) in [7, 11) is 1.58. The molecule has 0 unspecified atom stereocenters. The van der Waals surface area contributed by atoms with Crippen LogP contribution in [0.15, 0.2) is 84.0 Å². The molecule has 0 saturated carbocycles. The number of para-hydroxylation sites is 1. The van der Waals surface area contributed by atoms with Gasteiger partial charge in [-0.25, -0.2) is 0 Å². The number of unbranched alkanes of at least 4 members (excludes halogenated alkanes) is 1. The molecule has 0 radical (unpaired) electrons. The third kappa shape index (κ3) is 12.6. The highest BCUT2D eigenvalue weighted by Crippen LogP contribution is 2.35. The maximum Gasteiger partial charge on any atom is 0.246 e. The van der Waals surface area contributed by atoms with Crippen molar-refractivity contribution in [1.82, 2.24) is 31.6 Å². The highest BCUT2D eigenvalue weighted by molar-refractivity contribution is 5.98. The molecular weight excluding hydrogens is 793 g/mol. The van der Waals surface area contributed by atoms with Crippen LogP contribution in [0.25, 0.3) is 10.9 Å². The van der Waals surface area contributed by atoms with Crippen LogP contribution in [0.2, 0.25) is 0 Å². The smallest absolute Gasteiger partial charge is 0.246 e. The van der Waals surface area contributed by atoms with Gasteiger partial charge in [-0.15, -0.1) is 0 Å². The second kappa shape index (κ2) is 22.1. The second-order valence-electron chi connectivity index (χ2n) is 15.5. The zero-order valence-electron chi connectivity index (χ0n) is 35.3. The normalized spacial score (nSPS) is 15.8. The van der Waals surface area contributed by atoms with Crippen molar-refractivity contribution in [2.24, 2.45) is 22.2 Å². The van der Waals surface area contributed by atoms with Gasteiger partial charge in [-0.05, 0) is 66.5 Å². The molecule has 5 rings (SSSR count). The van der Waals surface area contributed by atoms with Gasteiger partial charge in [0.15, 0.2) is 5.96 Å². The van der Waals surface area contributed by atoms with E-state index < -0.39 is 59.7 Å². The molecule has 62 heavy (non-hydrogen) atoms. The average Bonchev–Trinajstić information content (AvgIpc) is 3.67. The highest BCUT2D eigenvalue weighted by Gasteiger charge is 2.44. The molecule has 4 aromatic rings. The lowest BCUT2D eigenvalue weighted by atomic mass is 9.76. The number of methoxy groups -OCH3 is 1. The van der Waals surface area contributed by atoms with Crippen LogP contribution in [0.1, 0.15) is 67.7 Å². The monoisotopic (exact) mass is 850 g/mol. The molecule has 17 heteroatoms. The number of ether oxygens (including phenoxy) is 1. The fraction of sp³-hybridized carbons (Fsp3) is 0.400. The lowest BCUT2D eigenvalue weighted by Crippen LogP contribution is -2.65. The summed E-state index contributed by atoms with van der Waals surface area (Å²) in [6.45, 7) is 1.65. The minimum atomic E-state index is -1.40. The van der Waals surface area contributed by atoms with Gasteiger partial charge in [0.05, 0.1) is 13.7 Å². The molecule has 12 N–H and O–H groups in total. The number of carbonyl (C=O) groups excluding carboxylic acids is 6. The molecule has 0 spiro atoms. The van der Waals surface area contributed by atoms with E-state index in [9.17, 15) is 28.8 Å². The van der Waals surface area contributed by atoms with E-state index in [1.54, 1.807) is 13.3 Å². The molecule has 1 aliphatic carbocycles. The number of hydrogen-bond acceptors (Lipinski definition) is 8. The average molecular weight is 851 g/mol. The molecule has 1 aliphatic rings. The van der Waals surface area contributed by atoms with Crippen molar-refractivity contribution < 1.29 is 33.5 Å². The van der Waals surface area contributed by atoms with E-state index >= 15 is 0 Å². The maximum atomic E-state index is 14.7. The molecule has 4 atom stereocenters. The number of nitrogens with one attached hydrogen (secondary N) is 6. The summed E-state index contributed by atoms with van der Waals surface area (Å²) in [4.78, 5) is 89.3. The summed E-state index contributed by atoms with van der Waals surface area (Å²) >= 11 is 0. The van der Waals surface area contributed by atoms with Gasteiger partial charge in [-0.3, -0.25) is 33.8 Å². The van der Waals surface area contributed by atoms with Crippen LogP contribution in [0.5, 0.6) is 5.75 Å². The number of aromatic nitrogens is 1. The van der Waals surface area contributed by atoms with Crippen LogP contribution < -0.4 is 48.5 Å². The first kappa shape index (κ1) is 46.2. The Hall–Kier alpha value is -6.91. The Bertz CT molecular complexity index is 2240. The number of carbonyl (C=O) groups is 6. The maximum absolute atomic E-state index is 14.7. The van der Waals surface area contributed by atoms with Crippen LogP contribution in [-0.2, 0) is 54.5 Å². The number of benzene rings is 3. The zero-order chi connectivity index (χ0) is 44.6. The van der Waals surface area contributed by atoms with E-state index in [-0.39, 0.29) is 63.4 Å². The lowest BCUT2D eigenvalue weighted by molar-refractivity contribution is -0.137. The summed E-state index contributed by atoms with van der Waals surface area (Å²) in [5, 5.41) is 14.9. The number of aromatic amines is 1. The topological polar surface area (TPSA) is 278 Å². The zero-order valence-corrected chi connectivity index (χ0v) is 35.3. The van der Waals surface area contributed by atoms with Gasteiger partial charge in [0, 0.05) is 49.3 Å². The van der Waals surface area contributed by atoms with Crippen LogP contribution in [0.3, 0.4) is 0 Å². The molecule has 17 nitrogen and oxygen atoms in total.